The molecule has 1 N–H and O–H groups in total. The molecule has 2 rings (SSSR count). The van der Waals surface area contributed by atoms with Gasteiger partial charge in [0.15, 0.2) is 0 Å². The van der Waals surface area contributed by atoms with Gasteiger partial charge in [-0.05, 0) is 19.2 Å². The first-order chi connectivity index (χ1) is 8.63. The van der Waals surface area contributed by atoms with Crippen LogP contribution in [0.4, 0.5) is 0 Å². The fourth-order valence-corrected chi connectivity index (χ4v) is 2.29. The van der Waals surface area contributed by atoms with Gasteiger partial charge in [0, 0.05) is 30.0 Å². The van der Waals surface area contributed by atoms with Crippen molar-refractivity contribution in [2.24, 2.45) is 7.05 Å². The summed E-state index contributed by atoms with van der Waals surface area (Å²) < 4.78 is 2.99. The summed E-state index contributed by atoms with van der Waals surface area (Å²) >= 11 is 9.76. The molecule has 0 aliphatic heterocycles. The van der Waals surface area contributed by atoms with Gasteiger partial charge in [-0.2, -0.15) is 0 Å². The lowest BCUT2D eigenvalue weighted by atomic mass is 10.2. The summed E-state index contributed by atoms with van der Waals surface area (Å²) in [6, 6.07) is 8.02. The molecule has 96 valence electrons. The fraction of sp³-hybridized carbons (Fsp3) is 0.308. The summed E-state index contributed by atoms with van der Waals surface area (Å²) in [7, 11) is 3.88. The quantitative estimate of drug-likeness (QED) is 0.933. The lowest BCUT2D eigenvalue weighted by Gasteiger charge is -2.00. The zero-order valence-corrected chi connectivity index (χ0v) is 12.7. The van der Waals surface area contributed by atoms with Crippen molar-refractivity contribution in [3.05, 3.63) is 39.7 Å². The third kappa shape index (κ3) is 2.76. The van der Waals surface area contributed by atoms with Crippen LogP contribution in [0.25, 0.3) is 11.3 Å². The Balaban J connectivity index is 2.36. The van der Waals surface area contributed by atoms with Crippen LogP contribution in [0.15, 0.2) is 28.7 Å². The van der Waals surface area contributed by atoms with Gasteiger partial charge in [-0.15, -0.1) is 0 Å². The number of nitrogens with zero attached hydrogens (tertiary/aromatic N) is 2. The number of hydrogen-bond donors (Lipinski definition) is 1. The van der Waals surface area contributed by atoms with Gasteiger partial charge in [0.05, 0.1) is 0 Å². The minimum absolute atomic E-state index is 0.684. The van der Waals surface area contributed by atoms with Crippen LogP contribution in [-0.4, -0.2) is 23.1 Å². The maximum absolute atomic E-state index is 6.34. The van der Waals surface area contributed by atoms with Gasteiger partial charge in [0.1, 0.15) is 16.7 Å². The molecule has 0 saturated carbocycles. The number of nitrogens with one attached hydrogen (secondary N) is 1. The second-order valence-electron chi connectivity index (χ2n) is 4.09. The van der Waals surface area contributed by atoms with Crippen LogP contribution in [0.5, 0.6) is 0 Å². The number of benzene rings is 1. The van der Waals surface area contributed by atoms with Gasteiger partial charge >= 0.3 is 0 Å². The van der Waals surface area contributed by atoms with Crippen LogP contribution in [0, 0.1) is 0 Å². The van der Waals surface area contributed by atoms with E-state index in [1.54, 1.807) is 0 Å². The average Bonchev–Trinajstić information content (AvgIpc) is 2.65. The van der Waals surface area contributed by atoms with Crippen LogP contribution in [0.1, 0.15) is 5.82 Å². The normalized spacial score (nSPS) is 10.9. The molecule has 0 amide bonds. The molecule has 2 aromatic rings. The predicted molar refractivity (Wildman–Crippen MR) is 79.0 cm³/mol. The molecule has 0 radical (unpaired) electrons. The van der Waals surface area contributed by atoms with E-state index in [4.69, 9.17) is 11.6 Å². The molecule has 0 bridgehead atoms. The minimum atomic E-state index is 0.684. The summed E-state index contributed by atoms with van der Waals surface area (Å²) in [6.45, 7) is 0.890. The van der Waals surface area contributed by atoms with E-state index in [9.17, 15) is 0 Å². The summed E-state index contributed by atoms with van der Waals surface area (Å²) in [4.78, 5) is 4.62. The third-order valence-electron chi connectivity index (χ3n) is 2.83. The second kappa shape index (κ2) is 5.87. The zero-order valence-electron chi connectivity index (χ0n) is 10.4. The Morgan fingerprint density at radius 2 is 2.00 bits per heavy atom. The largest absolute Gasteiger partial charge is 0.322 e. The molecule has 0 atom stereocenters. The van der Waals surface area contributed by atoms with Crippen molar-refractivity contribution >= 4 is 27.5 Å². The lowest BCUT2D eigenvalue weighted by molar-refractivity contribution is 0.718. The molecule has 1 heterocycles. The second-order valence-corrected chi connectivity index (χ2v) is 5.36. The highest BCUT2D eigenvalue weighted by atomic mass is 79.9. The number of imidazole rings is 1. The minimum Gasteiger partial charge on any atom is -0.322 e. The molecule has 3 nitrogen and oxygen atoms in total. The van der Waals surface area contributed by atoms with E-state index >= 15 is 0 Å². The molecule has 0 spiro atoms. The molecule has 5 heteroatoms. The van der Waals surface area contributed by atoms with Crippen molar-refractivity contribution in [3.63, 3.8) is 0 Å². The van der Waals surface area contributed by atoms with E-state index in [0.29, 0.717) is 5.15 Å². The van der Waals surface area contributed by atoms with Crippen molar-refractivity contribution in [2.75, 3.05) is 13.6 Å². The number of likely N-dealkylation sites (N-methyl/N-ethyl adjacent to an activating group) is 1. The Bertz CT molecular complexity index is 534. The Kier molecular flexibility index (Phi) is 4.43. The number of halogens is 2. The summed E-state index contributed by atoms with van der Waals surface area (Å²) in [6.07, 6.45) is 0.864. The monoisotopic (exact) mass is 327 g/mol. The van der Waals surface area contributed by atoms with Crippen molar-refractivity contribution in [2.45, 2.75) is 6.42 Å². The average molecular weight is 329 g/mol. The molecule has 0 aliphatic rings. The SMILES string of the molecule is CNCCc1nc(-c2ccc(Br)cc2)c(Cl)n1C. The fourth-order valence-electron chi connectivity index (χ4n) is 1.77. The Hall–Kier alpha value is -0.840. The highest BCUT2D eigenvalue weighted by molar-refractivity contribution is 9.10. The smallest absolute Gasteiger partial charge is 0.136 e. The van der Waals surface area contributed by atoms with Crippen LogP contribution >= 0.6 is 27.5 Å². The molecular weight excluding hydrogens is 314 g/mol. The molecule has 1 aromatic carbocycles. The van der Waals surface area contributed by atoms with E-state index in [-0.39, 0.29) is 0 Å². The summed E-state index contributed by atoms with van der Waals surface area (Å²) in [5.41, 5.74) is 1.88. The summed E-state index contributed by atoms with van der Waals surface area (Å²) in [5, 5.41) is 3.80. The van der Waals surface area contributed by atoms with Crippen molar-refractivity contribution < 1.29 is 0 Å². The topological polar surface area (TPSA) is 29.9 Å². The van der Waals surface area contributed by atoms with Gasteiger partial charge in [0.2, 0.25) is 0 Å². The van der Waals surface area contributed by atoms with Crippen molar-refractivity contribution in [3.8, 4) is 11.3 Å². The maximum atomic E-state index is 6.34. The molecule has 18 heavy (non-hydrogen) atoms. The molecule has 1 aromatic heterocycles. The Labute approximate surface area is 120 Å². The van der Waals surface area contributed by atoms with Crippen LogP contribution in [0.3, 0.4) is 0 Å². The van der Waals surface area contributed by atoms with Crippen LogP contribution in [-0.2, 0) is 13.5 Å². The highest BCUT2D eigenvalue weighted by Crippen LogP contribution is 2.28. The first-order valence-electron chi connectivity index (χ1n) is 5.75. The zero-order chi connectivity index (χ0) is 13.1. The third-order valence-corrected chi connectivity index (χ3v) is 3.80. The first kappa shape index (κ1) is 13.6. The predicted octanol–water partition coefficient (Wildman–Crippen LogP) is 3.26. The lowest BCUT2D eigenvalue weighted by Crippen LogP contribution is -2.13. The Morgan fingerprint density at radius 3 is 2.61 bits per heavy atom. The molecule has 0 aliphatic carbocycles. The van der Waals surface area contributed by atoms with E-state index in [1.165, 1.54) is 0 Å². The first-order valence-corrected chi connectivity index (χ1v) is 6.92. The molecular formula is C13H15BrClN3. The highest BCUT2D eigenvalue weighted by Gasteiger charge is 2.13. The van der Waals surface area contributed by atoms with E-state index in [0.717, 1.165) is 34.5 Å². The van der Waals surface area contributed by atoms with Crippen molar-refractivity contribution in [1.29, 1.82) is 0 Å². The Morgan fingerprint density at radius 1 is 1.33 bits per heavy atom. The van der Waals surface area contributed by atoms with Gasteiger partial charge in [-0.3, -0.25) is 0 Å². The number of aromatic nitrogens is 2. The standard InChI is InChI=1S/C13H15BrClN3/c1-16-8-7-11-17-12(13(15)18(11)2)9-3-5-10(14)6-4-9/h3-6,16H,7-8H2,1-2H3. The molecule has 0 saturated heterocycles. The van der Waals surface area contributed by atoms with Gasteiger partial charge < -0.3 is 9.88 Å². The molecule has 0 unspecified atom stereocenters. The van der Waals surface area contributed by atoms with Gasteiger partial charge in [-0.25, -0.2) is 4.98 Å². The number of hydrogen-bond acceptors (Lipinski definition) is 2. The van der Waals surface area contributed by atoms with Crippen LogP contribution in [0.2, 0.25) is 5.15 Å². The van der Waals surface area contributed by atoms with Crippen LogP contribution < -0.4 is 5.32 Å². The van der Waals surface area contributed by atoms with Gasteiger partial charge in [0.25, 0.3) is 0 Å². The summed E-state index contributed by atoms with van der Waals surface area (Å²) in [5.74, 6) is 0.993. The maximum Gasteiger partial charge on any atom is 0.136 e. The molecule has 0 fully saturated rings. The van der Waals surface area contributed by atoms with Crippen molar-refractivity contribution in [1.82, 2.24) is 14.9 Å². The number of rotatable bonds is 4. The van der Waals surface area contributed by atoms with Gasteiger partial charge in [-0.1, -0.05) is 39.7 Å². The van der Waals surface area contributed by atoms with E-state index in [1.807, 2.05) is 42.9 Å². The van der Waals surface area contributed by atoms with E-state index in [2.05, 4.69) is 26.2 Å². The van der Waals surface area contributed by atoms with E-state index < -0.39 is 0 Å².